The first-order valence-electron chi connectivity index (χ1n) is 9.21. The number of likely N-dealkylation sites (tertiary alicyclic amines) is 1. The third kappa shape index (κ3) is 3.48. The molecule has 5 heteroatoms. The molecule has 0 N–H and O–H groups in total. The van der Waals surface area contributed by atoms with E-state index >= 15 is 0 Å². The van der Waals surface area contributed by atoms with Crippen molar-refractivity contribution in [2.45, 2.75) is 19.1 Å². The maximum Gasteiger partial charge on any atom is 0.175 e. The molecule has 0 amide bonds. The lowest BCUT2D eigenvalue weighted by Gasteiger charge is -2.17. The van der Waals surface area contributed by atoms with Gasteiger partial charge in [-0.2, -0.15) is 0 Å². The van der Waals surface area contributed by atoms with Crippen molar-refractivity contribution in [2.24, 2.45) is 0 Å². The van der Waals surface area contributed by atoms with Gasteiger partial charge in [0.2, 0.25) is 0 Å². The molecule has 1 aliphatic rings. The number of hydrogen-bond acceptors (Lipinski definition) is 5. The van der Waals surface area contributed by atoms with Crippen molar-refractivity contribution in [3.05, 3.63) is 71.6 Å². The second-order valence-electron chi connectivity index (χ2n) is 6.93. The molecule has 2 aromatic heterocycles. The van der Waals surface area contributed by atoms with E-state index < -0.39 is 0 Å². The summed E-state index contributed by atoms with van der Waals surface area (Å²) in [6.07, 6.45) is 1.27. The fraction of sp³-hybridized carbons (Fsp3) is 0.227. The molecule has 3 heterocycles. The molecule has 27 heavy (non-hydrogen) atoms. The Kier molecular flexibility index (Phi) is 4.40. The third-order valence-corrected chi connectivity index (χ3v) is 5.78. The number of ether oxygens (including phenoxy) is 1. The molecule has 0 spiro atoms. The summed E-state index contributed by atoms with van der Waals surface area (Å²) < 4.78 is 11.8. The van der Waals surface area contributed by atoms with Crippen LogP contribution < -0.4 is 4.74 Å². The van der Waals surface area contributed by atoms with Gasteiger partial charge in [0.15, 0.2) is 10.6 Å². The predicted molar refractivity (Wildman–Crippen MR) is 108 cm³/mol. The summed E-state index contributed by atoms with van der Waals surface area (Å²) in [6, 6.07) is 20.8. The van der Waals surface area contributed by atoms with Crippen molar-refractivity contribution >= 4 is 21.6 Å². The maximum atomic E-state index is 6.27. The van der Waals surface area contributed by atoms with E-state index in [1.54, 1.807) is 11.3 Å². The fourth-order valence-electron chi connectivity index (χ4n) is 3.67. The van der Waals surface area contributed by atoms with E-state index in [9.17, 15) is 0 Å². The number of benzene rings is 2. The average molecular weight is 376 g/mol. The van der Waals surface area contributed by atoms with Crippen LogP contribution in [0.5, 0.6) is 5.75 Å². The number of aromatic nitrogens is 1. The zero-order chi connectivity index (χ0) is 18.1. The van der Waals surface area contributed by atoms with E-state index in [4.69, 9.17) is 9.26 Å². The van der Waals surface area contributed by atoms with Crippen molar-refractivity contribution in [2.75, 3.05) is 13.1 Å². The second kappa shape index (κ2) is 7.18. The number of fused-ring (bicyclic) bond motifs is 1. The van der Waals surface area contributed by atoms with Gasteiger partial charge in [-0.05, 0) is 35.6 Å². The Labute approximate surface area is 162 Å². The standard InChI is InChI=1S/C22H20N2O2S/c1-2-5-16(6-3-1)14-24-11-9-19(15-24)25-18-8-4-7-17(13-18)21-20-10-12-27-22(20)23-26-21/h1-8,10,12-13,19H,9,11,14-15H2. The fourth-order valence-corrected chi connectivity index (χ4v) is 4.37. The molecule has 1 aliphatic heterocycles. The van der Waals surface area contributed by atoms with Crippen molar-refractivity contribution < 1.29 is 9.26 Å². The Hall–Kier alpha value is -2.63. The second-order valence-corrected chi connectivity index (χ2v) is 7.82. The molecule has 1 saturated heterocycles. The first-order chi connectivity index (χ1) is 13.3. The largest absolute Gasteiger partial charge is 0.489 e. The minimum absolute atomic E-state index is 0.222. The molecule has 5 rings (SSSR count). The Morgan fingerprint density at radius 3 is 2.96 bits per heavy atom. The van der Waals surface area contributed by atoms with Crippen LogP contribution in [0.25, 0.3) is 21.5 Å². The molecule has 0 bridgehead atoms. The Morgan fingerprint density at radius 1 is 1.11 bits per heavy atom. The summed E-state index contributed by atoms with van der Waals surface area (Å²) in [6.45, 7) is 3.00. The molecular formula is C22H20N2O2S. The summed E-state index contributed by atoms with van der Waals surface area (Å²) >= 11 is 1.59. The van der Waals surface area contributed by atoms with Crippen molar-refractivity contribution in [1.82, 2.24) is 10.1 Å². The Bertz CT molecular complexity index is 1040. The summed E-state index contributed by atoms with van der Waals surface area (Å²) in [5.74, 6) is 1.70. The summed E-state index contributed by atoms with van der Waals surface area (Å²) in [4.78, 5) is 3.39. The van der Waals surface area contributed by atoms with Crippen LogP contribution in [0.2, 0.25) is 0 Å². The topological polar surface area (TPSA) is 38.5 Å². The lowest BCUT2D eigenvalue weighted by molar-refractivity contribution is 0.198. The van der Waals surface area contributed by atoms with Gasteiger partial charge in [0, 0.05) is 25.2 Å². The van der Waals surface area contributed by atoms with Gasteiger partial charge in [-0.15, -0.1) is 11.3 Å². The van der Waals surface area contributed by atoms with E-state index in [0.717, 1.165) is 53.3 Å². The minimum Gasteiger partial charge on any atom is -0.489 e. The normalized spacial score (nSPS) is 17.6. The van der Waals surface area contributed by atoms with Crippen LogP contribution in [0.4, 0.5) is 0 Å². The highest BCUT2D eigenvalue weighted by Gasteiger charge is 2.24. The molecule has 1 unspecified atom stereocenters. The number of rotatable bonds is 5. The van der Waals surface area contributed by atoms with E-state index in [-0.39, 0.29) is 6.10 Å². The van der Waals surface area contributed by atoms with Gasteiger partial charge in [0.1, 0.15) is 11.9 Å². The third-order valence-electron chi connectivity index (χ3n) is 4.99. The van der Waals surface area contributed by atoms with E-state index in [1.165, 1.54) is 5.56 Å². The highest BCUT2D eigenvalue weighted by atomic mass is 32.1. The quantitative estimate of drug-likeness (QED) is 0.479. The highest BCUT2D eigenvalue weighted by Crippen LogP contribution is 2.33. The smallest absolute Gasteiger partial charge is 0.175 e. The zero-order valence-corrected chi connectivity index (χ0v) is 15.7. The SMILES string of the molecule is c1ccc(CN2CCC(Oc3cccc(-c4onc5sccc45)c3)C2)cc1. The van der Waals surface area contributed by atoms with E-state index in [0.29, 0.717) is 0 Å². The van der Waals surface area contributed by atoms with Gasteiger partial charge < -0.3 is 9.26 Å². The van der Waals surface area contributed by atoms with E-state index in [1.807, 2.05) is 23.6 Å². The molecule has 136 valence electrons. The van der Waals surface area contributed by atoms with Gasteiger partial charge in [-0.3, -0.25) is 4.90 Å². The first-order valence-corrected chi connectivity index (χ1v) is 10.1. The lowest BCUT2D eigenvalue weighted by atomic mass is 10.1. The van der Waals surface area contributed by atoms with Crippen LogP contribution >= 0.6 is 11.3 Å². The van der Waals surface area contributed by atoms with Gasteiger partial charge in [0.05, 0.1) is 5.39 Å². The van der Waals surface area contributed by atoms with Gasteiger partial charge in [0.25, 0.3) is 0 Å². The predicted octanol–water partition coefficient (Wildman–Crippen LogP) is 5.21. The molecule has 1 fully saturated rings. The highest BCUT2D eigenvalue weighted by molar-refractivity contribution is 7.16. The molecule has 4 aromatic rings. The number of nitrogens with zero attached hydrogens (tertiary/aromatic N) is 2. The molecule has 0 radical (unpaired) electrons. The average Bonchev–Trinajstić information content (AvgIpc) is 3.40. The van der Waals surface area contributed by atoms with Crippen LogP contribution in [0.3, 0.4) is 0 Å². The van der Waals surface area contributed by atoms with Crippen molar-refractivity contribution in [3.8, 4) is 17.1 Å². The molecule has 0 saturated carbocycles. The van der Waals surface area contributed by atoms with Crippen LogP contribution in [0, 0.1) is 0 Å². The summed E-state index contributed by atoms with van der Waals surface area (Å²) in [7, 11) is 0. The van der Waals surface area contributed by atoms with Gasteiger partial charge >= 0.3 is 0 Å². The summed E-state index contributed by atoms with van der Waals surface area (Å²) in [5.41, 5.74) is 2.36. The minimum atomic E-state index is 0.222. The molecular weight excluding hydrogens is 356 g/mol. The number of hydrogen-bond donors (Lipinski definition) is 0. The monoisotopic (exact) mass is 376 g/mol. The molecule has 1 atom stereocenters. The van der Waals surface area contributed by atoms with Crippen LogP contribution in [0.15, 0.2) is 70.6 Å². The number of thiophene rings is 1. The maximum absolute atomic E-state index is 6.27. The van der Waals surface area contributed by atoms with Crippen LogP contribution in [-0.2, 0) is 6.54 Å². The van der Waals surface area contributed by atoms with E-state index in [2.05, 4.69) is 52.5 Å². The van der Waals surface area contributed by atoms with Gasteiger partial charge in [-0.25, -0.2) is 0 Å². The van der Waals surface area contributed by atoms with Crippen molar-refractivity contribution in [1.29, 1.82) is 0 Å². The molecule has 0 aliphatic carbocycles. The molecule has 2 aromatic carbocycles. The summed E-state index contributed by atoms with van der Waals surface area (Å²) in [5, 5.41) is 7.23. The lowest BCUT2D eigenvalue weighted by Crippen LogP contribution is -2.24. The zero-order valence-electron chi connectivity index (χ0n) is 14.9. The van der Waals surface area contributed by atoms with Gasteiger partial charge in [-0.1, -0.05) is 47.6 Å². The first kappa shape index (κ1) is 16.5. The Balaban J connectivity index is 1.27. The Morgan fingerprint density at radius 2 is 2.04 bits per heavy atom. The van der Waals surface area contributed by atoms with Crippen LogP contribution in [0.1, 0.15) is 12.0 Å². The van der Waals surface area contributed by atoms with Crippen molar-refractivity contribution in [3.63, 3.8) is 0 Å². The molecule has 4 nitrogen and oxygen atoms in total. The van der Waals surface area contributed by atoms with Crippen LogP contribution in [-0.4, -0.2) is 29.3 Å².